The Morgan fingerprint density at radius 2 is 1.69 bits per heavy atom. The first-order chi connectivity index (χ1) is 12.8. The second-order valence-electron chi connectivity index (χ2n) is 5.84. The van der Waals surface area contributed by atoms with Crippen LogP contribution in [0.3, 0.4) is 0 Å². The average molecular weight is 343 g/mol. The molecule has 5 nitrogen and oxygen atoms in total. The van der Waals surface area contributed by atoms with Gasteiger partial charge in [-0.3, -0.25) is 4.79 Å². The number of rotatable bonds is 5. The van der Waals surface area contributed by atoms with Crippen LogP contribution in [0.25, 0.3) is 5.65 Å². The molecule has 0 radical (unpaired) electrons. The minimum atomic E-state index is -0.0806. The summed E-state index contributed by atoms with van der Waals surface area (Å²) in [5.41, 5.74) is 2.45. The summed E-state index contributed by atoms with van der Waals surface area (Å²) in [6.45, 7) is 0. The SMILES string of the molecule is O=C(Cc1cccc2nccn12)Nc1ccc(Oc2ccccc2)cc1. The lowest BCUT2D eigenvalue weighted by Gasteiger charge is -2.09. The van der Waals surface area contributed by atoms with Gasteiger partial charge in [0.2, 0.25) is 5.91 Å². The highest BCUT2D eigenvalue weighted by Gasteiger charge is 2.08. The molecular formula is C21H17N3O2. The first-order valence-corrected chi connectivity index (χ1v) is 8.32. The third-order valence-electron chi connectivity index (χ3n) is 3.97. The monoisotopic (exact) mass is 343 g/mol. The molecule has 2 aromatic carbocycles. The Bertz CT molecular complexity index is 1020. The van der Waals surface area contributed by atoms with Crippen LogP contribution in [0.5, 0.6) is 11.5 Å². The van der Waals surface area contributed by atoms with Gasteiger partial charge >= 0.3 is 0 Å². The number of hydrogen-bond acceptors (Lipinski definition) is 3. The Morgan fingerprint density at radius 3 is 2.50 bits per heavy atom. The summed E-state index contributed by atoms with van der Waals surface area (Å²) >= 11 is 0. The molecule has 0 saturated carbocycles. The van der Waals surface area contributed by atoms with E-state index in [0.29, 0.717) is 0 Å². The van der Waals surface area contributed by atoms with Crippen molar-refractivity contribution in [3.05, 3.63) is 90.9 Å². The number of nitrogens with one attached hydrogen (secondary N) is 1. The number of carbonyl (C=O) groups excluding carboxylic acids is 1. The van der Waals surface area contributed by atoms with Crippen LogP contribution in [-0.4, -0.2) is 15.3 Å². The van der Waals surface area contributed by atoms with Crippen LogP contribution in [0, 0.1) is 0 Å². The minimum absolute atomic E-state index is 0.0806. The molecule has 0 spiro atoms. The molecule has 4 aromatic rings. The predicted octanol–water partition coefficient (Wildman–Crippen LogP) is 4.31. The minimum Gasteiger partial charge on any atom is -0.457 e. The second-order valence-corrected chi connectivity index (χ2v) is 5.84. The van der Waals surface area contributed by atoms with Crippen molar-refractivity contribution in [1.82, 2.24) is 9.38 Å². The second kappa shape index (κ2) is 7.11. The van der Waals surface area contributed by atoms with Crippen LogP contribution in [0.2, 0.25) is 0 Å². The molecule has 0 saturated heterocycles. The number of anilines is 1. The highest BCUT2D eigenvalue weighted by Crippen LogP contribution is 2.22. The maximum atomic E-state index is 12.3. The highest BCUT2D eigenvalue weighted by molar-refractivity contribution is 5.92. The van der Waals surface area contributed by atoms with Gasteiger partial charge in [-0.05, 0) is 48.5 Å². The summed E-state index contributed by atoms with van der Waals surface area (Å²) in [5, 5.41) is 2.91. The van der Waals surface area contributed by atoms with Gasteiger partial charge in [-0.2, -0.15) is 0 Å². The van der Waals surface area contributed by atoms with E-state index >= 15 is 0 Å². The first kappa shape index (κ1) is 15.9. The van der Waals surface area contributed by atoms with Gasteiger partial charge in [-0.25, -0.2) is 4.98 Å². The zero-order valence-corrected chi connectivity index (χ0v) is 14.0. The summed E-state index contributed by atoms with van der Waals surface area (Å²) in [4.78, 5) is 16.6. The molecule has 0 aliphatic rings. The van der Waals surface area contributed by atoms with Crippen molar-refractivity contribution in [2.75, 3.05) is 5.32 Å². The molecule has 1 amide bonds. The number of fused-ring (bicyclic) bond motifs is 1. The fraction of sp³-hybridized carbons (Fsp3) is 0.0476. The lowest BCUT2D eigenvalue weighted by atomic mass is 10.2. The van der Waals surface area contributed by atoms with Crippen molar-refractivity contribution in [3.8, 4) is 11.5 Å². The van der Waals surface area contributed by atoms with Gasteiger partial charge in [-0.15, -0.1) is 0 Å². The van der Waals surface area contributed by atoms with Gasteiger partial charge in [0.05, 0.1) is 6.42 Å². The fourth-order valence-corrected chi connectivity index (χ4v) is 2.75. The molecule has 4 rings (SSSR count). The standard InChI is InChI=1S/C21H17N3O2/c25-21(15-17-5-4-8-20-22-13-14-24(17)20)23-16-9-11-19(12-10-16)26-18-6-2-1-3-7-18/h1-14H,15H2,(H,23,25). The molecule has 0 atom stereocenters. The van der Waals surface area contributed by atoms with Crippen molar-refractivity contribution in [2.45, 2.75) is 6.42 Å². The zero-order valence-electron chi connectivity index (χ0n) is 14.0. The van der Waals surface area contributed by atoms with Crippen molar-refractivity contribution in [2.24, 2.45) is 0 Å². The molecule has 1 N–H and O–H groups in total. The smallest absolute Gasteiger partial charge is 0.230 e. The molecule has 128 valence electrons. The molecule has 0 unspecified atom stereocenters. The molecule has 0 aliphatic carbocycles. The lowest BCUT2D eigenvalue weighted by Crippen LogP contribution is -2.16. The van der Waals surface area contributed by atoms with E-state index in [2.05, 4.69) is 10.3 Å². The van der Waals surface area contributed by atoms with Gasteiger partial charge in [-0.1, -0.05) is 24.3 Å². The Kier molecular flexibility index (Phi) is 4.35. The normalized spacial score (nSPS) is 10.6. The van der Waals surface area contributed by atoms with E-state index < -0.39 is 0 Å². The number of nitrogens with zero attached hydrogens (tertiary/aromatic N) is 2. The average Bonchev–Trinajstić information content (AvgIpc) is 3.14. The van der Waals surface area contributed by atoms with E-state index in [-0.39, 0.29) is 12.3 Å². The summed E-state index contributed by atoms with van der Waals surface area (Å²) in [6, 6.07) is 22.6. The Hall–Kier alpha value is -3.60. The van der Waals surface area contributed by atoms with E-state index in [0.717, 1.165) is 28.5 Å². The Morgan fingerprint density at radius 1 is 0.923 bits per heavy atom. The van der Waals surface area contributed by atoms with Gasteiger partial charge in [0.15, 0.2) is 0 Å². The van der Waals surface area contributed by atoms with Crippen LogP contribution < -0.4 is 10.1 Å². The van der Waals surface area contributed by atoms with Crippen molar-refractivity contribution >= 4 is 17.2 Å². The van der Waals surface area contributed by atoms with E-state index in [1.54, 1.807) is 6.20 Å². The lowest BCUT2D eigenvalue weighted by molar-refractivity contribution is -0.115. The predicted molar refractivity (Wildman–Crippen MR) is 100 cm³/mol. The van der Waals surface area contributed by atoms with Gasteiger partial charge in [0.25, 0.3) is 0 Å². The van der Waals surface area contributed by atoms with Crippen LogP contribution in [-0.2, 0) is 11.2 Å². The van der Waals surface area contributed by atoms with Gasteiger partial charge < -0.3 is 14.5 Å². The first-order valence-electron chi connectivity index (χ1n) is 8.32. The van der Waals surface area contributed by atoms with Gasteiger partial charge in [0.1, 0.15) is 17.1 Å². The van der Waals surface area contributed by atoms with Crippen molar-refractivity contribution in [1.29, 1.82) is 0 Å². The molecule has 26 heavy (non-hydrogen) atoms. The van der Waals surface area contributed by atoms with E-state index in [9.17, 15) is 4.79 Å². The molecule has 0 fully saturated rings. The van der Waals surface area contributed by atoms with E-state index in [4.69, 9.17) is 4.74 Å². The number of benzene rings is 2. The Balaban J connectivity index is 1.41. The highest BCUT2D eigenvalue weighted by atomic mass is 16.5. The largest absolute Gasteiger partial charge is 0.457 e. The molecule has 5 heteroatoms. The van der Waals surface area contributed by atoms with Crippen LogP contribution in [0.1, 0.15) is 5.69 Å². The summed E-state index contributed by atoms with van der Waals surface area (Å²) in [6.07, 6.45) is 3.85. The molecule has 2 heterocycles. The zero-order chi connectivity index (χ0) is 17.8. The number of pyridine rings is 1. The van der Waals surface area contributed by atoms with Crippen LogP contribution in [0.15, 0.2) is 85.2 Å². The van der Waals surface area contributed by atoms with Gasteiger partial charge in [0, 0.05) is 23.8 Å². The number of amides is 1. The summed E-state index contributed by atoms with van der Waals surface area (Å²) in [7, 11) is 0. The quantitative estimate of drug-likeness (QED) is 0.587. The molecule has 2 aromatic heterocycles. The maximum absolute atomic E-state index is 12.3. The third-order valence-corrected chi connectivity index (χ3v) is 3.97. The number of aromatic nitrogens is 2. The Labute approximate surface area is 150 Å². The van der Waals surface area contributed by atoms with Crippen LogP contribution in [0.4, 0.5) is 5.69 Å². The maximum Gasteiger partial charge on any atom is 0.230 e. The number of para-hydroxylation sites is 1. The van der Waals surface area contributed by atoms with Crippen molar-refractivity contribution in [3.63, 3.8) is 0 Å². The molecule has 0 bridgehead atoms. The summed E-state index contributed by atoms with van der Waals surface area (Å²) in [5.74, 6) is 1.41. The number of hydrogen-bond donors (Lipinski definition) is 1. The number of carbonyl (C=O) groups is 1. The fourth-order valence-electron chi connectivity index (χ4n) is 2.75. The molecular weight excluding hydrogens is 326 g/mol. The summed E-state index contributed by atoms with van der Waals surface area (Å²) < 4.78 is 7.66. The third kappa shape index (κ3) is 3.57. The van der Waals surface area contributed by atoms with E-state index in [1.807, 2.05) is 83.4 Å². The molecule has 0 aliphatic heterocycles. The number of ether oxygens (including phenoxy) is 1. The number of imidazole rings is 1. The topological polar surface area (TPSA) is 55.6 Å². The van der Waals surface area contributed by atoms with Crippen molar-refractivity contribution < 1.29 is 9.53 Å². The van der Waals surface area contributed by atoms with Crippen LogP contribution >= 0.6 is 0 Å². The van der Waals surface area contributed by atoms with E-state index in [1.165, 1.54) is 0 Å².